The van der Waals surface area contributed by atoms with Gasteiger partial charge in [0.1, 0.15) is 0 Å². The lowest BCUT2D eigenvalue weighted by Gasteiger charge is -2.32. The van der Waals surface area contributed by atoms with E-state index < -0.39 is 18.3 Å². The fourth-order valence-corrected chi connectivity index (χ4v) is 2.12. The molecular weight excluding hydrogens is 255 g/mol. The highest BCUT2D eigenvalue weighted by Gasteiger charge is 2.52. The van der Waals surface area contributed by atoms with Crippen molar-refractivity contribution in [2.45, 2.75) is 51.7 Å². The zero-order valence-electron chi connectivity index (χ0n) is 12.3. The Balaban J connectivity index is 2.35. The van der Waals surface area contributed by atoms with E-state index in [4.69, 9.17) is 14.6 Å². The maximum absolute atomic E-state index is 11.5. The average molecular weight is 274 g/mol. The minimum Gasteiger partial charge on any atom is -0.399 e. The monoisotopic (exact) mass is 274 g/mol. The van der Waals surface area contributed by atoms with Crippen LogP contribution in [0, 0.1) is 11.3 Å². The predicted octanol–water partition coefficient (Wildman–Crippen LogP) is 1.13. The third-order valence-electron chi connectivity index (χ3n) is 4.06. The van der Waals surface area contributed by atoms with E-state index in [2.05, 4.69) is 11.1 Å². The van der Waals surface area contributed by atoms with Crippen molar-refractivity contribution >= 4 is 12.6 Å². The quantitative estimate of drug-likeness (QED) is 0.838. The molecule has 5 nitrogen and oxygen atoms in total. The number of aryl methyl sites for hydroxylation is 1. The van der Waals surface area contributed by atoms with Crippen molar-refractivity contribution in [1.29, 1.82) is 5.26 Å². The minimum absolute atomic E-state index is 0.182. The van der Waals surface area contributed by atoms with E-state index in [0.29, 0.717) is 12.8 Å². The Bertz CT molecular complexity index is 585. The normalized spacial score (nSPS) is 19.9. The van der Waals surface area contributed by atoms with Gasteiger partial charge in [0.2, 0.25) is 5.56 Å². The van der Waals surface area contributed by atoms with Crippen LogP contribution in [0.5, 0.6) is 0 Å². The summed E-state index contributed by atoms with van der Waals surface area (Å²) in [5.41, 5.74) is 0.547. The number of rotatable bonds is 3. The number of nitrogens with zero attached hydrogens (tertiary/aromatic N) is 1. The molecule has 0 spiro atoms. The zero-order chi connectivity index (χ0) is 15.0. The highest BCUT2D eigenvalue weighted by molar-refractivity contribution is 6.62. The molecule has 0 amide bonds. The van der Waals surface area contributed by atoms with Gasteiger partial charge in [0, 0.05) is 24.1 Å². The van der Waals surface area contributed by atoms with Crippen LogP contribution in [-0.2, 0) is 15.7 Å². The first-order chi connectivity index (χ1) is 9.27. The molecular formula is C14H19BN2O3. The highest BCUT2D eigenvalue weighted by atomic mass is 16.7. The van der Waals surface area contributed by atoms with Crippen molar-refractivity contribution < 1.29 is 9.31 Å². The summed E-state index contributed by atoms with van der Waals surface area (Å²) in [5, 5.41) is 8.72. The summed E-state index contributed by atoms with van der Waals surface area (Å²) in [6.45, 7) is 7.92. The number of aromatic nitrogens is 1. The molecule has 2 rings (SSSR count). The van der Waals surface area contributed by atoms with Crippen molar-refractivity contribution in [3.8, 4) is 6.07 Å². The second-order valence-electron chi connectivity index (χ2n) is 6.02. The van der Waals surface area contributed by atoms with Crippen molar-refractivity contribution in [3.63, 3.8) is 0 Å². The van der Waals surface area contributed by atoms with Crippen molar-refractivity contribution in [3.05, 3.63) is 28.2 Å². The first kappa shape index (κ1) is 14.8. The molecule has 0 bridgehead atoms. The third kappa shape index (κ3) is 2.65. The van der Waals surface area contributed by atoms with Gasteiger partial charge in [-0.25, -0.2) is 0 Å². The summed E-state index contributed by atoms with van der Waals surface area (Å²) < 4.78 is 12.0. The fourth-order valence-electron chi connectivity index (χ4n) is 2.12. The molecule has 1 aromatic rings. The van der Waals surface area contributed by atoms with E-state index in [9.17, 15) is 4.79 Å². The Labute approximate surface area is 119 Å². The molecule has 0 atom stereocenters. The molecule has 1 fully saturated rings. The van der Waals surface area contributed by atoms with Crippen LogP contribution < -0.4 is 11.0 Å². The number of H-pyrrole nitrogens is 1. The summed E-state index contributed by atoms with van der Waals surface area (Å²) in [4.78, 5) is 14.1. The number of nitrogens with one attached hydrogen (secondary N) is 1. The molecule has 1 N–H and O–H groups in total. The molecule has 2 heterocycles. The predicted molar refractivity (Wildman–Crippen MR) is 76.7 cm³/mol. The van der Waals surface area contributed by atoms with E-state index >= 15 is 0 Å². The van der Waals surface area contributed by atoms with Crippen LogP contribution in [0.3, 0.4) is 0 Å². The van der Waals surface area contributed by atoms with Crippen LogP contribution in [0.1, 0.15) is 39.7 Å². The van der Waals surface area contributed by atoms with Gasteiger partial charge in [0.15, 0.2) is 0 Å². The summed E-state index contributed by atoms with van der Waals surface area (Å²) in [6, 6.07) is 3.60. The van der Waals surface area contributed by atoms with Gasteiger partial charge in [-0.05, 0) is 39.7 Å². The number of nitriles is 1. The number of pyridine rings is 1. The Morgan fingerprint density at radius 2 is 1.90 bits per heavy atom. The van der Waals surface area contributed by atoms with E-state index in [-0.39, 0.29) is 5.56 Å². The van der Waals surface area contributed by atoms with Crippen LogP contribution in [-0.4, -0.2) is 23.3 Å². The Morgan fingerprint density at radius 1 is 1.30 bits per heavy atom. The first-order valence-electron chi connectivity index (χ1n) is 6.71. The van der Waals surface area contributed by atoms with Gasteiger partial charge in [-0.3, -0.25) is 4.79 Å². The van der Waals surface area contributed by atoms with Crippen molar-refractivity contribution in [1.82, 2.24) is 4.98 Å². The first-order valence-corrected chi connectivity index (χ1v) is 6.71. The van der Waals surface area contributed by atoms with Gasteiger partial charge >= 0.3 is 7.12 Å². The van der Waals surface area contributed by atoms with Crippen LogP contribution in [0.15, 0.2) is 17.1 Å². The number of hydrogen-bond donors (Lipinski definition) is 1. The summed E-state index contributed by atoms with van der Waals surface area (Å²) in [7, 11) is -0.523. The minimum atomic E-state index is -0.523. The fraction of sp³-hybridized carbons (Fsp3) is 0.571. The Hall–Kier alpha value is -1.58. The van der Waals surface area contributed by atoms with Crippen LogP contribution in [0.4, 0.5) is 0 Å². The van der Waals surface area contributed by atoms with Crippen LogP contribution >= 0.6 is 0 Å². The van der Waals surface area contributed by atoms with Crippen molar-refractivity contribution in [2.75, 3.05) is 0 Å². The maximum atomic E-state index is 11.5. The molecule has 0 aromatic carbocycles. The molecule has 106 valence electrons. The van der Waals surface area contributed by atoms with E-state index in [1.54, 1.807) is 6.20 Å². The van der Waals surface area contributed by atoms with Crippen LogP contribution in [0.2, 0.25) is 0 Å². The molecule has 6 heteroatoms. The second-order valence-corrected chi connectivity index (χ2v) is 6.02. The molecule has 0 radical (unpaired) electrons. The van der Waals surface area contributed by atoms with Crippen LogP contribution in [0.25, 0.3) is 0 Å². The molecule has 1 aliphatic heterocycles. The molecule has 1 aliphatic rings. The third-order valence-corrected chi connectivity index (χ3v) is 4.06. The topological polar surface area (TPSA) is 75.1 Å². The second kappa shape index (κ2) is 5.08. The number of hydrogen-bond acceptors (Lipinski definition) is 4. The largest absolute Gasteiger partial charge is 0.496 e. The molecule has 1 aromatic heterocycles. The molecule has 0 aliphatic carbocycles. The average Bonchev–Trinajstić information content (AvgIpc) is 2.55. The summed E-state index contributed by atoms with van der Waals surface area (Å²) in [5.74, 6) is 0. The zero-order valence-corrected chi connectivity index (χ0v) is 12.3. The van der Waals surface area contributed by atoms with Gasteiger partial charge in [0.05, 0.1) is 17.3 Å². The highest BCUT2D eigenvalue weighted by Crippen LogP contribution is 2.36. The summed E-state index contributed by atoms with van der Waals surface area (Å²) >= 11 is 0. The molecule has 1 saturated heterocycles. The van der Waals surface area contributed by atoms with Crippen molar-refractivity contribution in [2.24, 2.45) is 0 Å². The smallest absolute Gasteiger partial charge is 0.399 e. The van der Waals surface area contributed by atoms with Gasteiger partial charge in [-0.2, -0.15) is 5.26 Å². The molecule has 0 unspecified atom stereocenters. The maximum Gasteiger partial charge on any atom is 0.496 e. The van der Waals surface area contributed by atoms with Gasteiger partial charge in [0.25, 0.3) is 0 Å². The Morgan fingerprint density at radius 3 is 2.45 bits per heavy atom. The van der Waals surface area contributed by atoms with E-state index in [1.165, 1.54) is 6.07 Å². The van der Waals surface area contributed by atoms with Gasteiger partial charge in [-0.15, -0.1) is 0 Å². The SMILES string of the molecule is CC1(C)OB(c2c[nH]c(=O)cc2CCC#N)OC1(C)C. The molecule has 20 heavy (non-hydrogen) atoms. The van der Waals surface area contributed by atoms with E-state index in [1.807, 2.05) is 27.7 Å². The van der Waals surface area contributed by atoms with E-state index in [0.717, 1.165) is 11.0 Å². The number of aromatic amines is 1. The van der Waals surface area contributed by atoms with Gasteiger partial charge < -0.3 is 14.3 Å². The molecule has 0 saturated carbocycles. The summed E-state index contributed by atoms with van der Waals surface area (Å²) in [6.07, 6.45) is 2.49. The van der Waals surface area contributed by atoms with Gasteiger partial charge in [-0.1, -0.05) is 0 Å². The standard InChI is InChI=1S/C14H19BN2O3/c1-13(2)14(3,4)20-15(19-13)11-9-17-12(18)8-10(11)6-5-7-16/h8-9H,5-6H2,1-4H3,(H,17,18). The lowest BCUT2D eigenvalue weighted by atomic mass is 9.76. The lowest BCUT2D eigenvalue weighted by Crippen LogP contribution is -2.41. The Kier molecular flexibility index (Phi) is 3.76. The lowest BCUT2D eigenvalue weighted by molar-refractivity contribution is 0.00578.